The molecule has 1 saturated heterocycles. The monoisotopic (exact) mass is 336 g/mol. The van der Waals surface area contributed by atoms with Crippen molar-refractivity contribution in [3.8, 4) is 0 Å². The molecule has 0 radical (unpaired) electrons. The van der Waals surface area contributed by atoms with Gasteiger partial charge >= 0.3 is 0 Å². The molecule has 1 atom stereocenters. The lowest BCUT2D eigenvalue weighted by Gasteiger charge is -2.23. The van der Waals surface area contributed by atoms with Gasteiger partial charge in [-0.15, -0.1) is 11.3 Å². The fraction of sp³-hybridized carbons (Fsp3) is 0.300. The minimum Gasteiger partial charge on any atom is -0.333 e. The summed E-state index contributed by atoms with van der Waals surface area (Å²) in [6.07, 6.45) is 3.47. The minimum atomic E-state index is 0.158. The highest BCUT2D eigenvalue weighted by Crippen LogP contribution is 2.36. The van der Waals surface area contributed by atoms with Crippen molar-refractivity contribution in [1.82, 2.24) is 9.88 Å². The summed E-state index contributed by atoms with van der Waals surface area (Å²) in [6.45, 7) is 0.855. The highest BCUT2D eigenvalue weighted by atomic mass is 32.1. The molecule has 4 rings (SSSR count). The normalized spacial score (nSPS) is 17.5. The number of carbonyl (C=O) groups is 1. The molecule has 1 aliphatic rings. The van der Waals surface area contributed by atoms with E-state index >= 15 is 0 Å². The van der Waals surface area contributed by atoms with E-state index in [0.717, 1.165) is 36.3 Å². The summed E-state index contributed by atoms with van der Waals surface area (Å²) in [4.78, 5) is 19.5. The van der Waals surface area contributed by atoms with Crippen molar-refractivity contribution in [2.75, 3.05) is 6.54 Å². The Morgan fingerprint density at radius 1 is 1.12 bits per heavy atom. The Labute approximate surface area is 146 Å². The molecule has 1 aliphatic heterocycles. The zero-order valence-electron chi connectivity index (χ0n) is 13.5. The van der Waals surface area contributed by atoms with Crippen LogP contribution in [0.3, 0.4) is 0 Å². The summed E-state index contributed by atoms with van der Waals surface area (Å²) in [5, 5.41) is 1.08. The molecule has 0 aliphatic carbocycles. The van der Waals surface area contributed by atoms with Crippen molar-refractivity contribution < 1.29 is 4.79 Å². The SMILES string of the molecule is O=C(CCc1ccccc1)N1CCC[C@@H]1c1nc2ccccc2s1. The van der Waals surface area contributed by atoms with Gasteiger partial charge in [-0.2, -0.15) is 0 Å². The van der Waals surface area contributed by atoms with Crippen molar-refractivity contribution in [3.63, 3.8) is 0 Å². The predicted molar refractivity (Wildman–Crippen MR) is 98.1 cm³/mol. The average Bonchev–Trinajstić information content (AvgIpc) is 3.26. The van der Waals surface area contributed by atoms with E-state index in [-0.39, 0.29) is 11.9 Å². The average molecular weight is 336 g/mol. The molecule has 122 valence electrons. The zero-order valence-corrected chi connectivity index (χ0v) is 14.3. The smallest absolute Gasteiger partial charge is 0.223 e. The van der Waals surface area contributed by atoms with Crippen molar-refractivity contribution in [3.05, 3.63) is 65.2 Å². The first-order valence-corrected chi connectivity index (χ1v) is 9.32. The lowest BCUT2D eigenvalue weighted by atomic mass is 10.1. The second-order valence-electron chi connectivity index (χ2n) is 6.25. The van der Waals surface area contributed by atoms with E-state index in [2.05, 4.69) is 18.2 Å². The van der Waals surface area contributed by atoms with Crippen LogP contribution in [0.25, 0.3) is 10.2 Å². The molecule has 2 heterocycles. The maximum absolute atomic E-state index is 12.7. The third-order valence-electron chi connectivity index (χ3n) is 4.64. The molecule has 0 N–H and O–H groups in total. The van der Waals surface area contributed by atoms with Gasteiger partial charge in [0.05, 0.1) is 16.3 Å². The number of rotatable bonds is 4. The molecule has 0 unspecified atom stereocenters. The van der Waals surface area contributed by atoms with E-state index in [1.165, 1.54) is 10.3 Å². The topological polar surface area (TPSA) is 33.2 Å². The van der Waals surface area contributed by atoms with Crippen LogP contribution in [0.2, 0.25) is 0 Å². The number of fused-ring (bicyclic) bond motifs is 1. The number of aryl methyl sites for hydroxylation is 1. The van der Waals surface area contributed by atoms with Gasteiger partial charge in [0.25, 0.3) is 0 Å². The quantitative estimate of drug-likeness (QED) is 0.698. The molecule has 3 nitrogen and oxygen atoms in total. The highest BCUT2D eigenvalue weighted by Gasteiger charge is 2.31. The van der Waals surface area contributed by atoms with Crippen LogP contribution in [0.15, 0.2) is 54.6 Å². The summed E-state index contributed by atoms with van der Waals surface area (Å²) >= 11 is 1.73. The Balaban J connectivity index is 1.48. The Bertz CT molecular complexity index is 810. The van der Waals surface area contributed by atoms with Crippen LogP contribution in [-0.4, -0.2) is 22.3 Å². The van der Waals surface area contributed by atoms with Crippen LogP contribution in [0, 0.1) is 0 Å². The lowest BCUT2D eigenvalue weighted by Crippen LogP contribution is -2.30. The van der Waals surface area contributed by atoms with E-state index in [9.17, 15) is 4.79 Å². The van der Waals surface area contributed by atoms with Crippen LogP contribution in [0.4, 0.5) is 0 Å². The molecule has 0 saturated carbocycles. The van der Waals surface area contributed by atoms with E-state index in [4.69, 9.17) is 4.98 Å². The molecule has 1 aromatic heterocycles. The maximum atomic E-state index is 12.7. The summed E-state index contributed by atoms with van der Waals surface area (Å²) in [6, 6.07) is 18.6. The van der Waals surface area contributed by atoms with Gasteiger partial charge in [-0.3, -0.25) is 4.79 Å². The first-order valence-electron chi connectivity index (χ1n) is 8.50. The van der Waals surface area contributed by atoms with Gasteiger partial charge in [0, 0.05) is 13.0 Å². The number of nitrogens with zero attached hydrogens (tertiary/aromatic N) is 2. The molecule has 0 bridgehead atoms. The predicted octanol–water partition coefficient (Wildman–Crippen LogP) is 4.59. The number of thiazole rings is 1. The van der Waals surface area contributed by atoms with Crippen LogP contribution >= 0.6 is 11.3 Å². The van der Waals surface area contributed by atoms with E-state index in [1.54, 1.807) is 11.3 Å². The Hall–Kier alpha value is -2.20. The van der Waals surface area contributed by atoms with Crippen LogP contribution in [0.1, 0.15) is 35.9 Å². The van der Waals surface area contributed by atoms with E-state index in [0.29, 0.717) is 6.42 Å². The van der Waals surface area contributed by atoms with Gasteiger partial charge in [-0.25, -0.2) is 4.98 Å². The third-order valence-corrected chi connectivity index (χ3v) is 5.78. The van der Waals surface area contributed by atoms with Crippen LogP contribution in [-0.2, 0) is 11.2 Å². The second kappa shape index (κ2) is 6.73. The number of benzene rings is 2. The summed E-state index contributed by atoms with van der Waals surface area (Å²) in [7, 11) is 0. The summed E-state index contributed by atoms with van der Waals surface area (Å²) in [5.41, 5.74) is 2.27. The number of hydrogen-bond donors (Lipinski definition) is 0. The third kappa shape index (κ3) is 3.06. The van der Waals surface area contributed by atoms with Crippen molar-refractivity contribution >= 4 is 27.5 Å². The molecule has 1 amide bonds. The van der Waals surface area contributed by atoms with E-state index < -0.39 is 0 Å². The molecule has 1 fully saturated rings. The van der Waals surface area contributed by atoms with Gasteiger partial charge in [0.15, 0.2) is 0 Å². The largest absolute Gasteiger partial charge is 0.333 e. The molecule has 0 spiro atoms. The van der Waals surface area contributed by atoms with E-state index in [1.807, 2.05) is 41.3 Å². The van der Waals surface area contributed by atoms with Crippen molar-refractivity contribution in [2.24, 2.45) is 0 Å². The summed E-state index contributed by atoms with van der Waals surface area (Å²) in [5.74, 6) is 0.251. The molecule has 4 heteroatoms. The van der Waals surface area contributed by atoms with Crippen molar-refractivity contribution in [2.45, 2.75) is 31.7 Å². The van der Waals surface area contributed by atoms with Crippen LogP contribution in [0.5, 0.6) is 0 Å². The number of hydrogen-bond acceptors (Lipinski definition) is 3. The standard InChI is InChI=1S/C20H20N2OS/c23-19(13-12-15-7-2-1-3-8-15)22-14-6-10-17(22)20-21-16-9-4-5-11-18(16)24-20/h1-5,7-9,11,17H,6,10,12-14H2/t17-/m1/s1. The zero-order chi connectivity index (χ0) is 16.4. The first kappa shape index (κ1) is 15.3. The minimum absolute atomic E-state index is 0.158. The molecule has 2 aromatic carbocycles. The second-order valence-corrected chi connectivity index (χ2v) is 7.31. The number of amides is 1. The fourth-order valence-electron chi connectivity index (χ4n) is 3.39. The van der Waals surface area contributed by atoms with Gasteiger partial charge < -0.3 is 4.90 Å². The molecular weight excluding hydrogens is 316 g/mol. The number of likely N-dealkylation sites (tertiary alicyclic amines) is 1. The highest BCUT2D eigenvalue weighted by molar-refractivity contribution is 7.18. The first-order chi connectivity index (χ1) is 11.8. The van der Waals surface area contributed by atoms with Crippen molar-refractivity contribution in [1.29, 1.82) is 0 Å². The maximum Gasteiger partial charge on any atom is 0.223 e. The fourth-order valence-corrected chi connectivity index (χ4v) is 4.51. The Morgan fingerprint density at radius 2 is 1.92 bits per heavy atom. The number of para-hydroxylation sites is 1. The molecule has 24 heavy (non-hydrogen) atoms. The van der Waals surface area contributed by atoms with Gasteiger partial charge in [0.2, 0.25) is 5.91 Å². The lowest BCUT2D eigenvalue weighted by molar-refractivity contribution is -0.132. The van der Waals surface area contributed by atoms with Gasteiger partial charge in [-0.05, 0) is 37.0 Å². The molecule has 3 aromatic rings. The van der Waals surface area contributed by atoms with Crippen LogP contribution < -0.4 is 0 Å². The van der Waals surface area contributed by atoms with Gasteiger partial charge in [0.1, 0.15) is 5.01 Å². The van der Waals surface area contributed by atoms with Gasteiger partial charge in [-0.1, -0.05) is 42.5 Å². The summed E-state index contributed by atoms with van der Waals surface area (Å²) < 4.78 is 1.20. The molecular formula is C20H20N2OS. The number of aromatic nitrogens is 1. The number of carbonyl (C=O) groups excluding carboxylic acids is 1. The Kier molecular flexibility index (Phi) is 4.30. The Morgan fingerprint density at radius 3 is 2.75 bits per heavy atom.